The summed E-state index contributed by atoms with van der Waals surface area (Å²) in [5, 5.41) is 10.6. The van der Waals surface area contributed by atoms with E-state index in [4.69, 9.17) is 0 Å². The molecular formula is C18H31NO. The van der Waals surface area contributed by atoms with Crippen LogP contribution in [0.3, 0.4) is 0 Å². The van der Waals surface area contributed by atoms with Crippen molar-refractivity contribution in [2.75, 3.05) is 19.0 Å². The van der Waals surface area contributed by atoms with Crippen LogP contribution in [-0.2, 0) is 12.8 Å². The molecule has 0 amide bonds. The molecule has 1 aromatic carbocycles. The van der Waals surface area contributed by atoms with Crippen LogP contribution in [0.1, 0.15) is 61.8 Å². The average Bonchev–Trinajstić information content (AvgIpc) is 2.40. The number of unbranched alkanes of at least 4 members (excludes halogenated alkanes) is 3. The molecule has 0 spiro atoms. The van der Waals surface area contributed by atoms with Crippen molar-refractivity contribution in [1.82, 2.24) is 0 Å². The van der Waals surface area contributed by atoms with Gasteiger partial charge in [-0.3, -0.25) is 0 Å². The molecule has 114 valence electrons. The summed E-state index contributed by atoms with van der Waals surface area (Å²) in [6.45, 7) is 8.63. The number of aromatic hydroxyl groups is 1. The molecule has 0 aromatic heterocycles. The van der Waals surface area contributed by atoms with E-state index in [-0.39, 0.29) is 0 Å². The van der Waals surface area contributed by atoms with Crippen LogP contribution in [0.15, 0.2) is 0 Å². The maximum Gasteiger partial charge on any atom is 0.124 e. The predicted molar refractivity (Wildman–Crippen MR) is 89.1 cm³/mol. The molecule has 1 aromatic rings. The number of hydrogen-bond acceptors (Lipinski definition) is 2. The predicted octanol–water partition coefficient (Wildman–Crippen LogP) is 4.76. The minimum atomic E-state index is 0.521. The van der Waals surface area contributed by atoms with Crippen LogP contribution in [0.2, 0.25) is 0 Å². The number of benzene rings is 1. The van der Waals surface area contributed by atoms with Gasteiger partial charge in [-0.2, -0.15) is 0 Å². The van der Waals surface area contributed by atoms with Crippen LogP contribution in [0, 0.1) is 13.8 Å². The van der Waals surface area contributed by atoms with Gasteiger partial charge in [0, 0.05) is 25.3 Å². The first-order valence-electron chi connectivity index (χ1n) is 7.96. The molecule has 0 aliphatic heterocycles. The average molecular weight is 277 g/mol. The maximum absolute atomic E-state index is 10.6. The molecule has 0 unspecified atom stereocenters. The van der Waals surface area contributed by atoms with E-state index in [1.54, 1.807) is 0 Å². The molecule has 0 saturated carbocycles. The quantitative estimate of drug-likeness (QED) is 0.726. The van der Waals surface area contributed by atoms with Crippen molar-refractivity contribution in [2.24, 2.45) is 0 Å². The molecule has 1 N–H and O–H groups in total. The second kappa shape index (κ2) is 7.56. The first kappa shape index (κ1) is 16.9. The molecule has 0 atom stereocenters. The highest BCUT2D eigenvalue weighted by Crippen LogP contribution is 2.38. The van der Waals surface area contributed by atoms with Crippen LogP contribution < -0.4 is 4.90 Å². The summed E-state index contributed by atoms with van der Waals surface area (Å²) in [7, 11) is 4.15. The summed E-state index contributed by atoms with van der Waals surface area (Å²) in [4.78, 5) is 2.16. The maximum atomic E-state index is 10.6. The molecule has 0 radical (unpaired) electrons. The van der Waals surface area contributed by atoms with Gasteiger partial charge in [-0.15, -0.1) is 0 Å². The Balaban J connectivity index is 3.20. The normalized spacial score (nSPS) is 10.9. The third kappa shape index (κ3) is 3.47. The molecule has 0 heterocycles. The number of rotatable bonds is 7. The van der Waals surface area contributed by atoms with E-state index in [1.165, 1.54) is 36.1 Å². The third-order valence-corrected chi connectivity index (χ3v) is 4.27. The lowest BCUT2D eigenvalue weighted by Gasteiger charge is -2.25. The zero-order chi connectivity index (χ0) is 15.3. The molecule has 2 nitrogen and oxygen atoms in total. The van der Waals surface area contributed by atoms with Gasteiger partial charge in [0.25, 0.3) is 0 Å². The second-order valence-electron chi connectivity index (χ2n) is 5.96. The lowest BCUT2D eigenvalue weighted by Crippen LogP contribution is -2.15. The number of anilines is 1. The van der Waals surface area contributed by atoms with Gasteiger partial charge < -0.3 is 10.0 Å². The van der Waals surface area contributed by atoms with Crippen LogP contribution in [0.25, 0.3) is 0 Å². The van der Waals surface area contributed by atoms with Crippen molar-refractivity contribution in [2.45, 2.75) is 66.2 Å². The number of phenols is 1. The fourth-order valence-corrected chi connectivity index (χ4v) is 3.23. The highest BCUT2D eigenvalue weighted by atomic mass is 16.3. The largest absolute Gasteiger partial charge is 0.507 e. The lowest BCUT2D eigenvalue weighted by molar-refractivity contribution is 0.461. The van der Waals surface area contributed by atoms with E-state index in [1.807, 2.05) is 0 Å². The molecule has 2 heteroatoms. The number of hydrogen-bond donors (Lipinski definition) is 1. The van der Waals surface area contributed by atoms with Gasteiger partial charge in [-0.25, -0.2) is 0 Å². The number of nitrogens with zero attached hydrogens (tertiary/aromatic N) is 1. The SMILES string of the molecule is CCCCCCc1c(O)c(C)c(CC)c(C)c1N(C)C. The highest BCUT2D eigenvalue weighted by molar-refractivity contribution is 5.68. The van der Waals surface area contributed by atoms with Crippen molar-refractivity contribution in [3.63, 3.8) is 0 Å². The monoisotopic (exact) mass is 277 g/mol. The van der Waals surface area contributed by atoms with Crippen molar-refractivity contribution in [3.05, 3.63) is 22.3 Å². The molecule has 0 aliphatic carbocycles. The molecule has 1 rings (SSSR count). The van der Waals surface area contributed by atoms with Gasteiger partial charge >= 0.3 is 0 Å². The minimum absolute atomic E-state index is 0.521. The van der Waals surface area contributed by atoms with Crippen molar-refractivity contribution >= 4 is 5.69 Å². The molecule has 0 bridgehead atoms. The van der Waals surface area contributed by atoms with Gasteiger partial charge in [0.15, 0.2) is 0 Å². The first-order valence-corrected chi connectivity index (χ1v) is 7.96. The summed E-state index contributed by atoms with van der Waals surface area (Å²) in [5.41, 5.74) is 6.06. The fraction of sp³-hybridized carbons (Fsp3) is 0.667. The Morgan fingerprint density at radius 1 is 0.900 bits per heavy atom. The first-order chi connectivity index (χ1) is 9.45. The van der Waals surface area contributed by atoms with Crippen molar-refractivity contribution in [3.8, 4) is 5.75 Å². The van der Waals surface area contributed by atoms with Gasteiger partial charge in [-0.1, -0.05) is 33.1 Å². The van der Waals surface area contributed by atoms with Gasteiger partial charge in [0.1, 0.15) is 5.75 Å². The Labute approximate surface area is 124 Å². The van der Waals surface area contributed by atoms with Gasteiger partial charge in [0.05, 0.1) is 0 Å². The standard InChI is InChI=1S/C18H31NO/c1-7-9-10-11-12-16-17(19(5)6)13(3)15(8-2)14(4)18(16)20/h20H,7-12H2,1-6H3. The topological polar surface area (TPSA) is 23.5 Å². The van der Waals surface area contributed by atoms with Crippen molar-refractivity contribution in [1.29, 1.82) is 0 Å². The van der Waals surface area contributed by atoms with Crippen LogP contribution in [0.5, 0.6) is 5.75 Å². The van der Waals surface area contributed by atoms with E-state index >= 15 is 0 Å². The lowest BCUT2D eigenvalue weighted by atomic mass is 9.91. The van der Waals surface area contributed by atoms with E-state index < -0.39 is 0 Å². The Hall–Kier alpha value is -1.18. The fourth-order valence-electron chi connectivity index (χ4n) is 3.23. The van der Waals surface area contributed by atoms with Gasteiger partial charge in [-0.05, 0) is 49.8 Å². The molecule has 20 heavy (non-hydrogen) atoms. The highest BCUT2D eigenvalue weighted by Gasteiger charge is 2.19. The zero-order valence-electron chi connectivity index (χ0n) is 14.1. The summed E-state index contributed by atoms with van der Waals surface area (Å²) in [6, 6.07) is 0. The zero-order valence-corrected chi connectivity index (χ0v) is 14.1. The van der Waals surface area contributed by atoms with Crippen molar-refractivity contribution < 1.29 is 5.11 Å². The third-order valence-electron chi connectivity index (χ3n) is 4.27. The Bertz CT molecular complexity index is 449. The Kier molecular flexibility index (Phi) is 6.38. The number of phenolic OH excluding ortho intramolecular Hbond substituents is 1. The van der Waals surface area contributed by atoms with Crippen LogP contribution in [0.4, 0.5) is 5.69 Å². The molecule has 0 fully saturated rings. The molecule has 0 saturated heterocycles. The van der Waals surface area contributed by atoms with E-state index in [0.717, 1.165) is 30.4 Å². The minimum Gasteiger partial charge on any atom is -0.507 e. The molecule has 0 aliphatic rings. The summed E-state index contributed by atoms with van der Waals surface area (Å²) in [5.74, 6) is 0.521. The van der Waals surface area contributed by atoms with E-state index in [9.17, 15) is 5.11 Å². The summed E-state index contributed by atoms with van der Waals surface area (Å²) >= 11 is 0. The second-order valence-corrected chi connectivity index (χ2v) is 5.96. The summed E-state index contributed by atoms with van der Waals surface area (Å²) in [6.07, 6.45) is 6.89. The van der Waals surface area contributed by atoms with Crippen LogP contribution in [-0.4, -0.2) is 19.2 Å². The van der Waals surface area contributed by atoms with Gasteiger partial charge in [0.2, 0.25) is 0 Å². The van der Waals surface area contributed by atoms with E-state index in [0.29, 0.717) is 5.75 Å². The molecular weight excluding hydrogens is 246 g/mol. The van der Waals surface area contributed by atoms with Crippen LogP contribution >= 0.6 is 0 Å². The summed E-state index contributed by atoms with van der Waals surface area (Å²) < 4.78 is 0. The Morgan fingerprint density at radius 2 is 1.55 bits per heavy atom. The smallest absolute Gasteiger partial charge is 0.124 e. The Morgan fingerprint density at radius 3 is 2.05 bits per heavy atom. The van der Waals surface area contributed by atoms with E-state index in [2.05, 4.69) is 46.7 Å².